The van der Waals surface area contributed by atoms with E-state index in [-0.39, 0.29) is 34.3 Å². The lowest BCUT2D eigenvalue weighted by Gasteiger charge is -2.05. The van der Waals surface area contributed by atoms with Crippen molar-refractivity contribution in [2.75, 3.05) is 18.5 Å². The third kappa shape index (κ3) is 5.51. The largest absolute Gasteiger partial charge is 0.462 e. The summed E-state index contributed by atoms with van der Waals surface area (Å²) in [7, 11) is 0. The number of carbonyl (C=O) groups excluding carboxylic acids is 3. The Hall–Kier alpha value is -3.53. The van der Waals surface area contributed by atoms with Gasteiger partial charge < -0.3 is 14.8 Å². The average Bonchev–Trinajstić information content (AvgIpc) is 3.03. The van der Waals surface area contributed by atoms with Crippen molar-refractivity contribution < 1.29 is 28.8 Å². The number of nitro groups is 1. The van der Waals surface area contributed by atoms with Gasteiger partial charge in [0.05, 0.1) is 23.7 Å². The van der Waals surface area contributed by atoms with E-state index in [1.54, 1.807) is 26.8 Å². The van der Waals surface area contributed by atoms with Crippen LogP contribution in [0.1, 0.15) is 45.0 Å². The Morgan fingerprint density at radius 3 is 2.47 bits per heavy atom. The van der Waals surface area contributed by atoms with Gasteiger partial charge >= 0.3 is 11.9 Å². The maximum Gasteiger partial charge on any atom is 0.348 e. The van der Waals surface area contributed by atoms with Crippen LogP contribution in [0.15, 0.2) is 30.3 Å². The molecular weight excluding hydrogens is 412 g/mol. The molecular formula is C20H20N2O7S. The highest BCUT2D eigenvalue weighted by molar-refractivity contribution is 7.18. The van der Waals surface area contributed by atoms with Crippen molar-refractivity contribution in [3.05, 3.63) is 62.0 Å². The number of thiophene rings is 1. The summed E-state index contributed by atoms with van der Waals surface area (Å²) in [5, 5.41) is 13.6. The quantitative estimate of drug-likeness (QED) is 0.289. The van der Waals surface area contributed by atoms with E-state index in [1.807, 2.05) is 0 Å². The predicted octanol–water partition coefficient (Wildman–Crippen LogP) is 3.97. The van der Waals surface area contributed by atoms with Gasteiger partial charge in [-0.15, -0.1) is 11.3 Å². The molecule has 2 aromatic rings. The van der Waals surface area contributed by atoms with Crippen LogP contribution in [0.4, 0.5) is 10.7 Å². The standard InChI is InChI=1S/C20H20N2O7S/c1-4-28-19(24)16-12(3)17(20(25)29-5-2)30-18(16)21-15(23)10-9-13-7-6-8-14(11-13)22(26)27/h6-11H,4-5H2,1-3H3,(H,21,23). The number of anilines is 1. The van der Waals surface area contributed by atoms with Gasteiger partial charge in [0.15, 0.2) is 0 Å². The molecule has 0 atom stereocenters. The van der Waals surface area contributed by atoms with Crippen molar-refractivity contribution in [1.82, 2.24) is 0 Å². The number of nitrogens with one attached hydrogen (secondary N) is 1. The Labute approximate surface area is 176 Å². The zero-order valence-electron chi connectivity index (χ0n) is 16.6. The van der Waals surface area contributed by atoms with Crippen LogP contribution >= 0.6 is 11.3 Å². The zero-order valence-corrected chi connectivity index (χ0v) is 17.4. The molecule has 1 aromatic carbocycles. The molecule has 0 radical (unpaired) electrons. The molecule has 2 rings (SSSR count). The fraction of sp³-hybridized carbons (Fsp3) is 0.250. The van der Waals surface area contributed by atoms with Gasteiger partial charge in [-0.2, -0.15) is 0 Å². The summed E-state index contributed by atoms with van der Waals surface area (Å²) in [6, 6.07) is 5.77. The second-order valence-corrected chi connectivity index (χ2v) is 6.90. The Morgan fingerprint density at radius 2 is 1.83 bits per heavy atom. The maximum atomic E-state index is 12.4. The zero-order chi connectivity index (χ0) is 22.3. The van der Waals surface area contributed by atoms with Gasteiger partial charge in [-0.1, -0.05) is 12.1 Å². The topological polar surface area (TPSA) is 125 Å². The average molecular weight is 432 g/mol. The number of carbonyl (C=O) groups is 3. The minimum Gasteiger partial charge on any atom is -0.462 e. The highest BCUT2D eigenvalue weighted by Gasteiger charge is 2.27. The minimum absolute atomic E-state index is 0.0852. The van der Waals surface area contributed by atoms with E-state index in [1.165, 1.54) is 30.4 Å². The highest BCUT2D eigenvalue weighted by atomic mass is 32.1. The smallest absolute Gasteiger partial charge is 0.348 e. The van der Waals surface area contributed by atoms with E-state index < -0.39 is 22.8 Å². The summed E-state index contributed by atoms with van der Waals surface area (Å²) < 4.78 is 10.0. The molecule has 1 amide bonds. The van der Waals surface area contributed by atoms with Gasteiger partial charge in [0.1, 0.15) is 9.88 Å². The molecule has 1 N–H and O–H groups in total. The fourth-order valence-corrected chi connectivity index (χ4v) is 3.60. The van der Waals surface area contributed by atoms with Crippen LogP contribution < -0.4 is 5.32 Å². The molecule has 1 aromatic heterocycles. The van der Waals surface area contributed by atoms with Gasteiger partial charge in [0.25, 0.3) is 5.69 Å². The first-order valence-electron chi connectivity index (χ1n) is 8.99. The van der Waals surface area contributed by atoms with Crippen LogP contribution in [0, 0.1) is 17.0 Å². The molecule has 0 aliphatic rings. The van der Waals surface area contributed by atoms with Gasteiger partial charge in [0, 0.05) is 18.2 Å². The summed E-state index contributed by atoms with van der Waals surface area (Å²) >= 11 is 0.914. The predicted molar refractivity (Wildman–Crippen MR) is 112 cm³/mol. The highest BCUT2D eigenvalue weighted by Crippen LogP contribution is 2.34. The number of nitro benzene ring substituents is 1. The first-order chi connectivity index (χ1) is 14.3. The molecule has 0 aliphatic carbocycles. The molecule has 9 nitrogen and oxygen atoms in total. The molecule has 0 unspecified atom stereocenters. The second-order valence-electron chi connectivity index (χ2n) is 5.88. The number of hydrogen-bond donors (Lipinski definition) is 1. The molecule has 0 aliphatic heterocycles. The van der Waals surface area contributed by atoms with Crippen molar-refractivity contribution in [2.45, 2.75) is 20.8 Å². The number of rotatable bonds is 8. The molecule has 10 heteroatoms. The number of nitrogens with zero attached hydrogens (tertiary/aromatic N) is 1. The maximum absolute atomic E-state index is 12.4. The van der Waals surface area contributed by atoms with Gasteiger partial charge in [-0.05, 0) is 38.0 Å². The molecule has 0 bridgehead atoms. The number of non-ortho nitro benzene ring substituents is 1. The SMILES string of the molecule is CCOC(=O)c1sc(NC(=O)C=Cc2cccc([N+](=O)[O-])c2)c(C(=O)OCC)c1C. The molecule has 0 spiro atoms. The lowest BCUT2D eigenvalue weighted by atomic mass is 10.1. The number of benzene rings is 1. The van der Waals surface area contributed by atoms with Crippen molar-refractivity contribution >= 4 is 45.9 Å². The first kappa shape index (κ1) is 22.8. The third-order valence-electron chi connectivity index (χ3n) is 3.83. The number of amides is 1. The lowest BCUT2D eigenvalue weighted by molar-refractivity contribution is -0.384. The summed E-state index contributed by atoms with van der Waals surface area (Å²) in [5.41, 5.74) is 0.798. The second kappa shape index (κ2) is 10.3. The first-order valence-corrected chi connectivity index (χ1v) is 9.81. The Bertz CT molecular complexity index is 1010. The van der Waals surface area contributed by atoms with E-state index in [2.05, 4.69) is 5.32 Å². The van der Waals surface area contributed by atoms with Crippen LogP contribution in [0.3, 0.4) is 0 Å². The van der Waals surface area contributed by atoms with Gasteiger partial charge in [0.2, 0.25) is 5.91 Å². The number of ether oxygens (including phenoxy) is 2. The van der Waals surface area contributed by atoms with E-state index in [9.17, 15) is 24.5 Å². The van der Waals surface area contributed by atoms with Crippen LogP contribution in [0.5, 0.6) is 0 Å². The van der Waals surface area contributed by atoms with E-state index >= 15 is 0 Å². The summed E-state index contributed by atoms with van der Waals surface area (Å²) in [4.78, 5) is 47.4. The third-order valence-corrected chi connectivity index (χ3v) is 5.02. The Balaban J connectivity index is 2.29. The molecule has 0 saturated carbocycles. The molecule has 1 heterocycles. The number of hydrogen-bond acceptors (Lipinski definition) is 8. The van der Waals surface area contributed by atoms with Crippen LogP contribution in [-0.4, -0.2) is 36.0 Å². The fourth-order valence-electron chi connectivity index (χ4n) is 2.51. The van der Waals surface area contributed by atoms with Crippen LogP contribution in [-0.2, 0) is 14.3 Å². The van der Waals surface area contributed by atoms with Gasteiger partial charge in [-0.25, -0.2) is 9.59 Å². The Morgan fingerprint density at radius 1 is 1.17 bits per heavy atom. The van der Waals surface area contributed by atoms with Crippen molar-refractivity contribution in [3.63, 3.8) is 0 Å². The lowest BCUT2D eigenvalue weighted by Crippen LogP contribution is -2.13. The molecule has 0 fully saturated rings. The molecule has 30 heavy (non-hydrogen) atoms. The van der Waals surface area contributed by atoms with Crippen molar-refractivity contribution in [3.8, 4) is 0 Å². The van der Waals surface area contributed by atoms with Crippen LogP contribution in [0.25, 0.3) is 6.08 Å². The molecule has 158 valence electrons. The summed E-state index contributed by atoms with van der Waals surface area (Å²) in [5.74, 6) is -1.85. The van der Waals surface area contributed by atoms with E-state index in [4.69, 9.17) is 9.47 Å². The summed E-state index contributed by atoms with van der Waals surface area (Å²) in [6.07, 6.45) is 2.58. The monoisotopic (exact) mass is 432 g/mol. The Kier molecular flexibility index (Phi) is 7.82. The normalized spacial score (nSPS) is 10.6. The van der Waals surface area contributed by atoms with Crippen molar-refractivity contribution in [2.24, 2.45) is 0 Å². The minimum atomic E-state index is -0.667. The van der Waals surface area contributed by atoms with Crippen LogP contribution in [0.2, 0.25) is 0 Å². The van der Waals surface area contributed by atoms with Crippen molar-refractivity contribution in [1.29, 1.82) is 0 Å². The molecule has 0 saturated heterocycles. The summed E-state index contributed by atoms with van der Waals surface area (Å²) in [6.45, 7) is 5.17. The van der Waals surface area contributed by atoms with E-state index in [0.29, 0.717) is 11.1 Å². The van der Waals surface area contributed by atoms with E-state index in [0.717, 1.165) is 11.3 Å². The number of esters is 2. The van der Waals surface area contributed by atoms with Gasteiger partial charge in [-0.3, -0.25) is 14.9 Å².